The quantitative estimate of drug-likeness (QED) is 0.316. The molecule has 1 fully saturated rings. The molecule has 0 aliphatic carbocycles. The van der Waals surface area contributed by atoms with Gasteiger partial charge in [-0.2, -0.15) is 0 Å². The van der Waals surface area contributed by atoms with E-state index in [9.17, 15) is 14.3 Å². The van der Waals surface area contributed by atoms with E-state index in [4.69, 9.17) is 11.6 Å². The van der Waals surface area contributed by atoms with E-state index < -0.39 is 5.82 Å². The third kappa shape index (κ3) is 8.08. The first kappa shape index (κ1) is 28.2. The first-order valence-corrected chi connectivity index (χ1v) is 13.8. The second-order valence-corrected chi connectivity index (χ2v) is 10.5. The SMILES string of the molecule is CN1CCCN(CCC(=O)Nc2cc(Nc3cc(-c4cc(Cl)ccc4F)nnc3SCCO)ccn2)CC1. The Bertz CT molecular complexity index is 1250. The number of nitrogens with one attached hydrogen (secondary N) is 2. The predicted molar refractivity (Wildman–Crippen MR) is 150 cm³/mol. The molecule has 0 spiro atoms. The summed E-state index contributed by atoms with van der Waals surface area (Å²) < 4.78 is 14.5. The van der Waals surface area contributed by atoms with Crippen molar-refractivity contribution in [3.63, 3.8) is 0 Å². The predicted octanol–water partition coefficient (Wildman–Crippen LogP) is 4.13. The lowest BCUT2D eigenvalue weighted by Crippen LogP contribution is -2.31. The molecule has 0 saturated carbocycles. The normalized spacial score (nSPS) is 14.7. The third-order valence-corrected chi connectivity index (χ3v) is 7.26. The zero-order valence-corrected chi connectivity index (χ0v) is 22.7. The second-order valence-electron chi connectivity index (χ2n) is 9.00. The maximum absolute atomic E-state index is 14.5. The Morgan fingerprint density at radius 3 is 2.87 bits per heavy atom. The molecule has 4 rings (SSSR count). The van der Waals surface area contributed by atoms with Gasteiger partial charge in [-0.1, -0.05) is 11.6 Å². The molecule has 1 aromatic carbocycles. The number of carbonyl (C=O) groups excluding carboxylic acids is 1. The molecule has 1 aliphatic rings. The van der Waals surface area contributed by atoms with E-state index in [2.05, 4.69) is 42.7 Å². The Kier molecular flexibility index (Phi) is 10.2. The van der Waals surface area contributed by atoms with Crippen LogP contribution in [0.1, 0.15) is 12.8 Å². The third-order valence-electron chi connectivity index (χ3n) is 6.07. The van der Waals surface area contributed by atoms with Gasteiger partial charge in [-0.05, 0) is 56.9 Å². The lowest BCUT2D eigenvalue weighted by Gasteiger charge is -2.19. The molecule has 2 aromatic heterocycles. The minimum absolute atomic E-state index is 0.0317. The van der Waals surface area contributed by atoms with Gasteiger partial charge in [-0.15, -0.1) is 22.0 Å². The van der Waals surface area contributed by atoms with Crippen LogP contribution in [-0.2, 0) is 4.79 Å². The number of halogens is 2. The number of nitrogens with zero attached hydrogens (tertiary/aromatic N) is 5. The van der Waals surface area contributed by atoms with Crippen LogP contribution in [0.4, 0.5) is 21.6 Å². The van der Waals surface area contributed by atoms with E-state index in [0.29, 0.717) is 51.7 Å². The van der Waals surface area contributed by atoms with Crippen LogP contribution in [0, 0.1) is 5.82 Å². The average molecular weight is 560 g/mol. The maximum atomic E-state index is 14.5. The molecule has 0 unspecified atom stereocenters. The van der Waals surface area contributed by atoms with Crippen LogP contribution in [-0.4, -0.2) is 88.1 Å². The molecule has 38 heavy (non-hydrogen) atoms. The molecule has 3 N–H and O–H groups in total. The Labute approximate surface area is 230 Å². The maximum Gasteiger partial charge on any atom is 0.226 e. The number of anilines is 3. The topological polar surface area (TPSA) is 107 Å². The molecule has 202 valence electrons. The highest BCUT2D eigenvalue weighted by atomic mass is 35.5. The van der Waals surface area contributed by atoms with Crippen molar-refractivity contribution in [3.8, 4) is 11.3 Å². The number of aliphatic hydroxyl groups excluding tert-OH is 1. The van der Waals surface area contributed by atoms with E-state index in [1.165, 1.54) is 30.0 Å². The molecule has 1 amide bonds. The number of hydrogen-bond acceptors (Lipinski definition) is 9. The van der Waals surface area contributed by atoms with Gasteiger partial charge in [0.2, 0.25) is 5.91 Å². The summed E-state index contributed by atoms with van der Waals surface area (Å²) in [6.45, 7) is 4.71. The number of aliphatic hydroxyl groups is 1. The second kappa shape index (κ2) is 13.8. The van der Waals surface area contributed by atoms with Crippen LogP contribution >= 0.6 is 23.4 Å². The number of carbonyl (C=O) groups is 1. The van der Waals surface area contributed by atoms with Gasteiger partial charge in [0, 0.05) is 60.3 Å². The van der Waals surface area contributed by atoms with Gasteiger partial charge < -0.3 is 25.5 Å². The summed E-state index contributed by atoms with van der Waals surface area (Å²) in [6.07, 6.45) is 3.07. The lowest BCUT2D eigenvalue weighted by atomic mass is 10.1. The highest BCUT2D eigenvalue weighted by Gasteiger charge is 2.15. The summed E-state index contributed by atoms with van der Waals surface area (Å²) in [5.41, 5.74) is 1.76. The van der Waals surface area contributed by atoms with Crippen LogP contribution < -0.4 is 10.6 Å². The monoisotopic (exact) mass is 559 g/mol. The van der Waals surface area contributed by atoms with Gasteiger partial charge in [-0.3, -0.25) is 4.79 Å². The van der Waals surface area contributed by atoms with Gasteiger partial charge in [0.05, 0.1) is 18.0 Å². The van der Waals surface area contributed by atoms with Gasteiger partial charge >= 0.3 is 0 Å². The lowest BCUT2D eigenvalue weighted by molar-refractivity contribution is -0.116. The van der Waals surface area contributed by atoms with Crippen molar-refractivity contribution < 1.29 is 14.3 Å². The molecule has 1 aliphatic heterocycles. The van der Waals surface area contributed by atoms with Crippen LogP contribution in [0.3, 0.4) is 0 Å². The van der Waals surface area contributed by atoms with Gasteiger partial charge in [0.1, 0.15) is 16.7 Å². The Morgan fingerprint density at radius 1 is 1.16 bits per heavy atom. The van der Waals surface area contributed by atoms with Crippen molar-refractivity contribution in [1.29, 1.82) is 0 Å². The van der Waals surface area contributed by atoms with Crippen LogP contribution in [0.5, 0.6) is 0 Å². The molecular weight excluding hydrogens is 529 g/mol. The average Bonchev–Trinajstić information content (AvgIpc) is 3.12. The van der Waals surface area contributed by atoms with E-state index in [1.54, 1.807) is 24.4 Å². The fraction of sp³-hybridized carbons (Fsp3) is 0.385. The molecular formula is C26H31ClFN7O2S. The van der Waals surface area contributed by atoms with E-state index in [1.807, 2.05) is 0 Å². The number of likely N-dealkylation sites (N-methyl/N-ethyl adjacent to an activating group) is 1. The molecule has 3 aromatic rings. The van der Waals surface area contributed by atoms with Crippen molar-refractivity contribution >= 4 is 46.5 Å². The number of aromatic nitrogens is 3. The number of thioether (sulfide) groups is 1. The number of hydrogen-bond donors (Lipinski definition) is 3. The zero-order valence-electron chi connectivity index (χ0n) is 21.2. The highest BCUT2D eigenvalue weighted by Crippen LogP contribution is 2.32. The highest BCUT2D eigenvalue weighted by molar-refractivity contribution is 7.99. The minimum Gasteiger partial charge on any atom is -0.396 e. The molecule has 3 heterocycles. The summed E-state index contributed by atoms with van der Waals surface area (Å²) in [5.74, 6) is 0.268. The summed E-state index contributed by atoms with van der Waals surface area (Å²) >= 11 is 7.38. The minimum atomic E-state index is -0.466. The molecule has 0 atom stereocenters. The molecule has 1 saturated heterocycles. The summed E-state index contributed by atoms with van der Waals surface area (Å²) in [4.78, 5) is 21.5. The Balaban J connectivity index is 1.46. The van der Waals surface area contributed by atoms with Gasteiger partial charge in [0.15, 0.2) is 0 Å². The van der Waals surface area contributed by atoms with Crippen molar-refractivity contribution in [2.75, 3.05) is 62.8 Å². The fourth-order valence-electron chi connectivity index (χ4n) is 4.07. The van der Waals surface area contributed by atoms with E-state index in [0.717, 1.165) is 32.6 Å². The number of pyridine rings is 1. The van der Waals surface area contributed by atoms with Crippen LogP contribution in [0.25, 0.3) is 11.3 Å². The first-order chi connectivity index (χ1) is 18.4. The molecule has 12 heteroatoms. The molecule has 0 bridgehead atoms. The molecule has 0 radical (unpaired) electrons. The Hall–Kier alpha value is -2.83. The zero-order chi connectivity index (χ0) is 26.9. The standard InChI is InChI=1S/C26H31ClFN7O2S/c1-34-8-2-9-35(12-11-34)10-6-25(37)31-24-16-19(5-7-29-24)30-23-17-22(32-33-26(23)38-14-13-36)20-15-18(27)3-4-21(20)28/h3-5,7,15-17,36H,2,6,8-14H2,1H3,(H2,29,30,31,32,37). The van der Waals surface area contributed by atoms with Crippen molar-refractivity contribution in [1.82, 2.24) is 25.0 Å². The van der Waals surface area contributed by atoms with E-state index >= 15 is 0 Å². The Morgan fingerprint density at radius 2 is 2.03 bits per heavy atom. The van der Waals surface area contributed by atoms with Gasteiger partial charge in [-0.25, -0.2) is 9.37 Å². The van der Waals surface area contributed by atoms with Crippen molar-refractivity contribution in [2.24, 2.45) is 0 Å². The number of rotatable bonds is 10. The fourth-order valence-corrected chi connectivity index (χ4v) is 4.89. The van der Waals surface area contributed by atoms with Gasteiger partial charge in [0.25, 0.3) is 0 Å². The summed E-state index contributed by atoms with van der Waals surface area (Å²) in [7, 11) is 2.12. The van der Waals surface area contributed by atoms with E-state index in [-0.39, 0.29) is 18.1 Å². The van der Waals surface area contributed by atoms with Crippen LogP contribution in [0.2, 0.25) is 5.02 Å². The van der Waals surface area contributed by atoms with Crippen molar-refractivity contribution in [3.05, 3.63) is 53.4 Å². The summed E-state index contributed by atoms with van der Waals surface area (Å²) in [6, 6.07) is 9.40. The van der Waals surface area contributed by atoms with Crippen molar-refractivity contribution in [2.45, 2.75) is 17.9 Å². The molecule has 9 nitrogen and oxygen atoms in total. The number of amides is 1. The summed E-state index contributed by atoms with van der Waals surface area (Å²) in [5, 5.41) is 24.7. The largest absolute Gasteiger partial charge is 0.396 e. The number of benzene rings is 1. The first-order valence-electron chi connectivity index (χ1n) is 12.4. The smallest absolute Gasteiger partial charge is 0.226 e. The van der Waals surface area contributed by atoms with Crippen LogP contribution in [0.15, 0.2) is 47.6 Å².